The molecule has 1 aromatic rings. The number of carbonyl (C=O) groups is 1. The molecule has 0 spiro atoms. The molecule has 3 nitrogen and oxygen atoms in total. The van der Waals surface area contributed by atoms with Gasteiger partial charge in [-0.25, -0.2) is 5.43 Å². The molecule has 1 fully saturated rings. The molecule has 0 unspecified atom stereocenters. The predicted octanol–water partition coefficient (Wildman–Crippen LogP) is 5.28. The Hall–Kier alpha value is -1.00. The van der Waals surface area contributed by atoms with E-state index < -0.39 is 0 Å². The molecular formula is C19H27ClN2OS. The third-order valence-corrected chi connectivity index (χ3v) is 5.80. The summed E-state index contributed by atoms with van der Waals surface area (Å²) in [5.74, 6) is 1.94. The van der Waals surface area contributed by atoms with Gasteiger partial charge >= 0.3 is 0 Å². The molecule has 0 heterocycles. The van der Waals surface area contributed by atoms with Crippen LogP contribution in [0.3, 0.4) is 0 Å². The summed E-state index contributed by atoms with van der Waals surface area (Å²) in [5.41, 5.74) is 5.38. The van der Waals surface area contributed by atoms with Crippen molar-refractivity contribution in [2.75, 3.05) is 5.75 Å². The lowest BCUT2D eigenvalue weighted by atomic mass is 9.72. The molecule has 1 aliphatic rings. The van der Waals surface area contributed by atoms with E-state index in [2.05, 4.69) is 31.3 Å². The zero-order valence-electron chi connectivity index (χ0n) is 14.8. The number of nitrogens with zero attached hydrogens (tertiary/aromatic N) is 1. The van der Waals surface area contributed by atoms with Crippen LogP contribution >= 0.6 is 23.4 Å². The molecule has 0 aromatic heterocycles. The minimum absolute atomic E-state index is 0.0283. The fourth-order valence-electron chi connectivity index (χ4n) is 2.94. The Morgan fingerprint density at radius 1 is 1.25 bits per heavy atom. The van der Waals surface area contributed by atoms with Crippen LogP contribution in [0.25, 0.3) is 0 Å². The summed E-state index contributed by atoms with van der Waals surface area (Å²) in [5, 5.41) is 5.06. The van der Waals surface area contributed by atoms with Crippen molar-refractivity contribution >= 4 is 35.0 Å². The standard InChI is InChI=1S/C19H27ClN2OS/c1-19(2,3)15-6-10-17(11-7-15)21-22-18(23)13-24-12-14-4-8-16(20)9-5-14/h4-5,8-9,15H,6-7,10-13H2,1-3H3,(H,22,23). The Bertz CT molecular complexity index is 568. The first-order chi connectivity index (χ1) is 11.3. The maximum Gasteiger partial charge on any atom is 0.250 e. The van der Waals surface area contributed by atoms with E-state index in [4.69, 9.17) is 11.6 Å². The lowest BCUT2D eigenvalue weighted by Crippen LogP contribution is -2.28. The monoisotopic (exact) mass is 366 g/mol. The number of carbonyl (C=O) groups excluding carboxylic acids is 1. The lowest BCUT2D eigenvalue weighted by molar-refractivity contribution is -0.118. The van der Waals surface area contributed by atoms with Crippen molar-refractivity contribution in [1.29, 1.82) is 0 Å². The van der Waals surface area contributed by atoms with E-state index in [1.165, 1.54) is 18.4 Å². The van der Waals surface area contributed by atoms with Crippen molar-refractivity contribution in [1.82, 2.24) is 5.43 Å². The Labute approximate surface area is 154 Å². The molecular weight excluding hydrogens is 340 g/mol. The summed E-state index contributed by atoms with van der Waals surface area (Å²) in [6.07, 6.45) is 4.34. The van der Waals surface area contributed by atoms with Crippen molar-refractivity contribution in [2.45, 2.75) is 52.2 Å². The largest absolute Gasteiger partial charge is 0.272 e. The topological polar surface area (TPSA) is 41.5 Å². The minimum Gasteiger partial charge on any atom is -0.272 e. The SMILES string of the molecule is CC(C)(C)C1CCC(=NNC(=O)CSCc2ccc(Cl)cc2)CC1. The first-order valence-electron chi connectivity index (χ1n) is 8.51. The van der Waals surface area contributed by atoms with E-state index in [-0.39, 0.29) is 5.91 Å². The second kappa shape index (κ2) is 8.91. The van der Waals surface area contributed by atoms with Gasteiger partial charge in [0.15, 0.2) is 0 Å². The predicted molar refractivity (Wildman–Crippen MR) is 105 cm³/mol. The summed E-state index contributed by atoms with van der Waals surface area (Å²) in [6, 6.07) is 7.72. The molecule has 5 heteroatoms. The smallest absolute Gasteiger partial charge is 0.250 e. The minimum atomic E-state index is -0.0283. The Morgan fingerprint density at radius 3 is 2.46 bits per heavy atom. The molecule has 2 rings (SSSR count). The third-order valence-electron chi connectivity index (χ3n) is 4.54. The van der Waals surface area contributed by atoms with Crippen LogP contribution in [0.5, 0.6) is 0 Å². The van der Waals surface area contributed by atoms with Gasteiger partial charge in [0.25, 0.3) is 0 Å². The van der Waals surface area contributed by atoms with Crippen LogP contribution in [0.4, 0.5) is 0 Å². The molecule has 1 aromatic carbocycles. The van der Waals surface area contributed by atoms with Crippen molar-refractivity contribution in [2.24, 2.45) is 16.4 Å². The molecule has 0 aliphatic heterocycles. The number of amides is 1. The van der Waals surface area contributed by atoms with Gasteiger partial charge < -0.3 is 0 Å². The van der Waals surface area contributed by atoms with Gasteiger partial charge in [-0.3, -0.25) is 4.79 Å². The van der Waals surface area contributed by atoms with Gasteiger partial charge in [0.2, 0.25) is 5.91 Å². The first-order valence-corrected chi connectivity index (χ1v) is 10.0. The fraction of sp³-hybridized carbons (Fsp3) is 0.579. The van der Waals surface area contributed by atoms with Gasteiger partial charge in [0.1, 0.15) is 0 Å². The number of hydrazone groups is 1. The number of nitrogens with one attached hydrogen (secondary N) is 1. The fourth-order valence-corrected chi connectivity index (χ4v) is 3.85. The summed E-state index contributed by atoms with van der Waals surface area (Å²) < 4.78 is 0. The third kappa shape index (κ3) is 6.48. The average molecular weight is 367 g/mol. The molecule has 1 amide bonds. The van der Waals surface area contributed by atoms with Gasteiger partial charge in [-0.2, -0.15) is 5.10 Å². The molecule has 24 heavy (non-hydrogen) atoms. The van der Waals surface area contributed by atoms with E-state index in [1.54, 1.807) is 11.8 Å². The quantitative estimate of drug-likeness (QED) is 0.720. The van der Waals surface area contributed by atoms with Crippen LogP contribution in [0.15, 0.2) is 29.4 Å². The lowest BCUT2D eigenvalue weighted by Gasteiger charge is -2.34. The zero-order valence-corrected chi connectivity index (χ0v) is 16.3. The van der Waals surface area contributed by atoms with Crippen LogP contribution in [0.2, 0.25) is 5.02 Å². The van der Waals surface area contributed by atoms with Gasteiger partial charge in [-0.1, -0.05) is 44.5 Å². The van der Waals surface area contributed by atoms with Gasteiger partial charge in [-0.05, 0) is 54.7 Å². The highest BCUT2D eigenvalue weighted by molar-refractivity contribution is 7.99. The molecule has 132 valence electrons. The van der Waals surface area contributed by atoms with Crippen LogP contribution in [-0.2, 0) is 10.5 Å². The van der Waals surface area contributed by atoms with Crippen LogP contribution in [-0.4, -0.2) is 17.4 Å². The van der Waals surface area contributed by atoms with Crippen molar-refractivity contribution in [3.8, 4) is 0 Å². The summed E-state index contributed by atoms with van der Waals surface area (Å²) in [6.45, 7) is 6.92. The highest BCUT2D eigenvalue weighted by Gasteiger charge is 2.28. The molecule has 0 saturated heterocycles. The van der Waals surface area contributed by atoms with Gasteiger partial charge in [-0.15, -0.1) is 11.8 Å². The molecule has 0 atom stereocenters. The second-order valence-electron chi connectivity index (χ2n) is 7.47. The van der Waals surface area contributed by atoms with E-state index >= 15 is 0 Å². The van der Waals surface area contributed by atoms with E-state index in [0.29, 0.717) is 11.2 Å². The summed E-state index contributed by atoms with van der Waals surface area (Å²) in [4.78, 5) is 11.9. The van der Waals surface area contributed by atoms with E-state index in [1.807, 2.05) is 24.3 Å². The molecule has 0 radical (unpaired) electrons. The van der Waals surface area contributed by atoms with Crippen LogP contribution < -0.4 is 5.43 Å². The Kier molecular flexibility index (Phi) is 7.17. The molecule has 1 aliphatic carbocycles. The van der Waals surface area contributed by atoms with Crippen molar-refractivity contribution in [3.63, 3.8) is 0 Å². The summed E-state index contributed by atoms with van der Waals surface area (Å²) in [7, 11) is 0. The highest BCUT2D eigenvalue weighted by atomic mass is 35.5. The van der Waals surface area contributed by atoms with Crippen molar-refractivity contribution in [3.05, 3.63) is 34.9 Å². The normalized spacial score (nSPS) is 18.3. The number of benzene rings is 1. The average Bonchev–Trinajstić information content (AvgIpc) is 2.54. The van der Waals surface area contributed by atoms with E-state index in [9.17, 15) is 4.79 Å². The zero-order chi connectivity index (χ0) is 17.6. The number of hydrogen-bond donors (Lipinski definition) is 1. The number of halogens is 1. The Morgan fingerprint density at radius 2 is 1.88 bits per heavy atom. The molecule has 1 saturated carbocycles. The van der Waals surface area contributed by atoms with Crippen LogP contribution in [0, 0.1) is 11.3 Å². The molecule has 1 N–H and O–H groups in total. The van der Waals surface area contributed by atoms with Crippen molar-refractivity contribution < 1.29 is 4.79 Å². The maximum absolute atomic E-state index is 11.9. The number of hydrogen-bond acceptors (Lipinski definition) is 3. The van der Waals surface area contributed by atoms with Gasteiger partial charge in [0.05, 0.1) is 5.75 Å². The van der Waals surface area contributed by atoms with Gasteiger partial charge in [0, 0.05) is 16.5 Å². The highest BCUT2D eigenvalue weighted by Crippen LogP contribution is 2.36. The maximum atomic E-state index is 11.9. The van der Waals surface area contributed by atoms with Crippen LogP contribution in [0.1, 0.15) is 52.0 Å². The number of thioether (sulfide) groups is 1. The second-order valence-corrected chi connectivity index (χ2v) is 8.89. The Balaban J connectivity index is 1.67. The van der Waals surface area contributed by atoms with E-state index in [0.717, 1.165) is 35.2 Å². The first kappa shape index (κ1) is 19.3. The summed E-state index contributed by atoms with van der Waals surface area (Å²) >= 11 is 7.45. The number of rotatable bonds is 5. The molecule has 0 bridgehead atoms.